The standard InChI is InChI=1S/C17H26N4O4S/c1-4-24-17(23)19-16-18-13-5-6-20(9-14(13)26-16)10-15(22)21-7-11(2)25-12(3)8-21/h11-12H,4-10H2,1-3H3,(H,18,19,23). The van der Waals surface area contributed by atoms with Crippen LogP contribution in [0.1, 0.15) is 31.3 Å². The Hall–Kier alpha value is -1.71. The smallest absolute Gasteiger partial charge is 0.413 e. The molecule has 2 aliphatic heterocycles. The van der Waals surface area contributed by atoms with Crippen LogP contribution in [0.15, 0.2) is 0 Å². The van der Waals surface area contributed by atoms with Crippen molar-refractivity contribution in [1.29, 1.82) is 0 Å². The normalized spacial score (nSPS) is 23.4. The Morgan fingerprint density at radius 2 is 2.08 bits per heavy atom. The van der Waals surface area contributed by atoms with Gasteiger partial charge in [-0.15, -0.1) is 0 Å². The van der Waals surface area contributed by atoms with Crippen molar-refractivity contribution in [3.63, 3.8) is 0 Å². The minimum atomic E-state index is -0.485. The summed E-state index contributed by atoms with van der Waals surface area (Å²) in [5, 5.41) is 3.21. The molecule has 1 fully saturated rings. The van der Waals surface area contributed by atoms with E-state index in [2.05, 4.69) is 15.2 Å². The molecule has 1 N–H and O–H groups in total. The summed E-state index contributed by atoms with van der Waals surface area (Å²) in [7, 11) is 0. The van der Waals surface area contributed by atoms with Crippen LogP contribution < -0.4 is 5.32 Å². The number of ether oxygens (including phenoxy) is 2. The first-order valence-electron chi connectivity index (χ1n) is 9.02. The zero-order valence-corrected chi connectivity index (χ0v) is 16.3. The second kappa shape index (κ2) is 8.32. The Kier molecular flexibility index (Phi) is 6.10. The zero-order valence-electron chi connectivity index (χ0n) is 15.5. The first-order chi connectivity index (χ1) is 12.4. The van der Waals surface area contributed by atoms with Gasteiger partial charge in [0.25, 0.3) is 0 Å². The highest BCUT2D eigenvalue weighted by Crippen LogP contribution is 2.28. The number of carbonyl (C=O) groups is 2. The number of thiazole rings is 1. The summed E-state index contributed by atoms with van der Waals surface area (Å²) >= 11 is 1.45. The maximum Gasteiger partial charge on any atom is 0.413 e. The van der Waals surface area contributed by atoms with Gasteiger partial charge in [-0.05, 0) is 20.8 Å². The average molecular weight is 382 g/mol. The van der Waals surface area contributed by atoms with Gasteiger partial charge in [0.05, 0.1) is 31.1 Å². The Bertz CT molecular complexity index is 655. The molecular weight excluding hydrogens is 356 g/mol. The third-order valence-electron chi connectivity index (χ3n) is 4.43. The van der Waals surface area contributed by atoms with Crippen LogP contribution in [0.3, 0.4) is 0 Å². The van der Waals surface area contributed by atoms with E-state index in [9.17, 15) is 9.59 Å². The molecule has 2 amide bonds. The molecule has 2 aliphatic rings. The van der Waals surface area contributed by atoms with Gasteiger partial charge in [-0.3, -0.25) is 15.0 Å². The Morgan fingerprint density at radius 1 is 1.35 bits per heavy atom. The number of nitrogens with zero attached hydrogens (tertiary/aromatic N) is 3. The van der Waals surface area contributed by atoms with Crippen LogP contribution in [-0.2, 0) is 27.2 Å². The molecule has 1 aromatic heterocycles. The SMILES string of the molecule is CCOC(=O)Nc1nc2c(s1)CN(CC(=O)N1CC(C)OC(C)C1)CC2. The summed E-state index contributed by atoms with van der Waals surface area (Å²) in [6, 6.07) is 0. The molecule has 8 nitrogen and oxygen atoms in total. The molecule has 0 bridgehead atoms. The van der Waals surface area contributed by atoms with Crippen molar-refractivity contribution in [2.75, 3.05) is 38.1 Å². The van der Waals surface area contributed by atoms with Gasteiger partial charge in [-0.1, -0.05) is 11.3 Å². The van der Waals surface area contributed by atoms with Crippen molar-refractivity contribution in [3.05, 3.63) is 10.6 Å². The van der Waals surface area contributed by atoms with Crippen LogP contribution in [0.4, 0.5) is 9.93 Å². The minimum Gasteiger partial charge on any atom is -0.450 e. The van der Waals surface area contributed by atoms with Crippen LogP contribution in [0.5, 0.6) is 0 Å². The first-order valence-corrected chi connectivity index (χ1v) is 9.84. The summed E-state index contributed by atoms with van der Waals surface area (Å²) in [6.07, 6.45) is 0.447. The van der Waals surface area contributed by atoms with E-state index < -0.39 is 6.09 Å². The first kappa shape index (κ1) is 19.1. The predicted octanol–water partition coefficient (Wildman–Crippen LogP) is 1.71. The minimum absolute atomic E-state index is 0.0775. The number of aromatic nitrogens is 1. The van der Waals surface area contributed by atoms with E-state index in [1.807, 2.05) is 18.7 Å². The van der Waals surface area contributed by atoms with E-state index in [4.69, 9.17) is 9.47 Å². The number of rotatable bonds is 4. The lowest BCUT2D eigenvalue weighted by atomic mass is 10.1. The molecule has 0 aromatic carbocycles. The van der Waals surface area contributed by atoms with Crippen molar-refractivity contribution in [3.8, 4) is 0 Å². The Morgan fingerprint density at radius 3 is 2.77 bits per heavy atom. The van der Waals surface area contributed by atoms with Gasteiger partial charge in [-0.25, -0.2) is 9.78 Å². The number of carbonyl (C=O) groups excluding carboxylic acids is 2. The van der Waals surface area contributed by atoms with Crippen LogP contribution in [0.2, 0.25) is 0 Å². The molecule has 3 heterocycles. The molecule has 1 saturated heterocycles. The van der Waals surface area contributed by atoms with Gasteiger partial charge in [0.2, 0.25) is 5.91 Å². The van der Waals surface area contributed by atoms with Gasteiger partial charge in [0.15, 0.2) is 5.13 Å². The number of morpholine rings is 1. The van der Waals surface area contributed by atoms with Crippen molar-refractivity contribution >= 4 is 28.5 Å². The van der Waals surface area contributed by atoms with Gasteiger partial charge in [0.1, 0.15) is 0 Å². The third-order valence-corrected chi connectivity index (χ3v) is 5.42. The molecule has 26 heavy (non-hydrogen) atoms. The van der Waals surface area contributed by atoms with Crippen molar-refractivity contribution in [1.82, 2.24) is 14.8 Å². The summed E-state index contributed by atoms with van der Waals surface area (Å²) in [5.74, 6) is 0.143. The van der Waals surface area contributed by atoms with Crippen molar-refractivity contribution in [2.24, 2.45) is 0 Å². The summed E-state index contributed by atoms with van der Waals surface area (Å²) in [6.45, 7) is 9.25. The number of hydrogen-bond acceptors (Lipinski definition) is 7. The van der Waals surface area contributed by atoms with Crippen molar-refractivity contribution in [2.45, 2.75) is 45.9 Å². The fourth-order valence-corrected chi connectivity index (χ4v) is 4.40. The van der Waals surface area contributed by atoms with E-state index in [0.29, 0.717) is 37.9 Å². The molecule has 144 valence electrons. The molecule has 9 heteroatoms. The molecule has 2 atom stereocenters. The second-order valence-electron chi connectivity index (χ2n) is 6.75. The van der Waals surface area contributed by atoms with Gasteiger partial charge >= 0.3 is 6.09 Å². The van der Waals surface area contributed by atoms with Crippen LogP contribution in [-0.4, -0.2) is 71.8 Å². The van der Waals surface area contributed by atoms with Crippen LogP contribution >= 0.6 is 11.3 Å². The van der Waals surface area contributed by atoms with Gasteiger partial charge in [-0.2, -0.15) is 0 Å². The molecule has 0 saturated carbocycles. The molecule has 3 rings (SSSR count). The van der Waals surface area contributed by atoms with E-state index in [-0.39, 0.29) is 18.1 Å². The molecular formula is C17H26N4O4S. The van der Waals surface area contributed by atoms with E-state index in [0.717, 1.165) is 23.5 Å². The van der Waals surface area contributed by atoms with E-state index in [1.54, 1.807) is 6.92 Å². The average Bonchev–Trinajstić information content (AvgIpc) is 2.95. The number of anilines is 1. The lowest BCUT2D eigenvalue weighted by Gasteiger charge is -2.36. The number of fused-ring (bicyclic) bond motifs is 1. The topological polar surface area (TPSA) is 84.0 Å². The summed E-state index contributed by atoms with van der Waals surface area (Å²) in [4.78, 5) is 33.8. The van der Waals surface area contributed by atoms with Crippen molar-refractivity contribution < 1.29 is 19.1 Å². The monoisotopic (exact) mass is 382 g/mol. The quantitative estimate of drug-likeness (QED) is 0.853. The number of nitrogens with one attached hydrogen (secondary N) is 1. The molecule has 0 aliphatic carbocycles. The lowest BCUT2D eigenvalue weighted by molar-refractivity contribution is -0.144. The highest BCUT2D eigenvalue weighted by Gasteiger charge is 2.28. The fourth-order valence-electron chi connectivity index (χ4n) is 3.36. The van der Waals surface area contributed by atoms with Crippen LogP contribution in [0.25, 0.3) is 0 Å². The molecule has 1 aromatic rings. The van der Waals surface area contributed by atoms with E-state index in [1.165, 1.54) is 11.3 Å². The Labute approximate surface area is 157 Å². The predicted molar refractivity (Wildman–Crippen MR) is 98.3 cm³/mol. The maximum atomic E-state index is 12.6. The zero-order chi connectivity index (χ0) is 18.7. The highest BCUT2D eigenvalue weighted by molar-refractivity contribution is 7.15. The third kappa shape index (κ3) is 4.72. The molecule has 2 unspecified atom stereocenters. The van der Waals surface area contributed by atoms with Crippen LogP contribution in [0, 0.1) is 0 Å². The summed E-state index contributed by atoms with van der Waals surface area (Å²) < 4.78 is 10.6. The number of hydrogen-bond donors (Lipinski definition) is 1. The van der Waals surface area contributed by atoms with Gasteiger partial charge in [0, 0.05) is 37.5 Å². The largest absolute Gasteiger partial charge is 0.450 e. The number of amides is 2. The molecule has 0 spiro atoms. The highest BCUT2D eigenvalue weighted by atomic mass is 32.1. The lowest BCUT2D eigenvalue weighted by Crippen LogP contribution is -2.51. The van der Waals surface area contributed by atoms with Gasteiger partial charge < -0.3 is 14.4 Å². The second-order valence-corrected chi connectivity index (χ2v) is 7.83. The van der Waals surface area contributed by atoms with E-state index >= 15 is 0 Å². The Balaban J connectivity index is 1.55. The maximum absolute atomic E-state index is 12.6. The summed E-state index contributed by atoms with van der Waals surface area (Å²) in [5.41, 5.74) is 0.999. The fraction of sp³-hybridized carbons (Fsp3) is 0.706. The molecule has 0 radical (unpaired) electrons.